The van der Waals surface area contributed by atoms with Crippen molar-refractivity contribution in [1.29, 1.82) is 5.26 Å². The number of halogens is 1. The molecule has 2 aliphatic rings. The van der Waals surface area contributed by atoms with Gasteiger partial charge in [0.25, 0.3) is 5.91 Å². The van der Waals surface area contributed by atoms with E-state index < -0.39 is 11.4 Å². The van der Waals surface area contributed by atoms with Crippen molar-refractivity contribution in [3.8, 4) is 6.07 Å². The van der Waals surface area contributed by atoms with E-state index in [1.807, 2.05) is 6.07 Å². The Morgan fingerprint density at radius 2 is 1.93 bits per heavy atom. The van der Waals surface area contributed by atoms with E-state index in [1.165, 1.54) is 6.07 Å². The van der Waals surface area contributed by atoms with E-state index in [2.05, 4.69) is 15.5 Å². The molecule has 3 rings (SSSR count). The van der Waals surface area contributed by atoms with Crippen LogP contribution in [0.4, 0.5) is 4.39 Å². The van der Waals surface area contributed by atoms with Gasteiger partial charge in [-0.3, -0.25) is 14.5 Å². The molecule has 2 heterocycles. The van der Waals surface area contributed by atoms with Crippen LogP contribution < -0.4 is 10.6 Å². The highest BCUT2D eigenvalue weighted by atomic mass is 19.1. The Bertz CT molecular complexity index is 837. The molecule has 0 unspecified atom stereocenters. The van der Waals surface area contributed by atoms with Crippen molar-refractivity contribution in [3.63, 3.8) is 0 Å². The maximum Gasteiger partial charge on any atom is 0.251 e. The van der Waals surface area contributed by atoms with Crippen LogP contribution in [0.5, 0.6) is 0 Å². The van der Waals surface area contributed by atoms with Crippen LogP contribution in [-0.4, -0.2) is 59.1 Å². The SMILES string of the molecule is CC(C)(CO)NC(=O)CN1[C@@H]2CC[C@H]1C[C@H](CNC(=O)c1cc(F)cc(C#N)c1)C2. The third-order valence-corrected chi connectivity index (χ3v) is 6.02. The van der Waals surface area contributed by atoms with E-state index in [0.29, 0.717) is 31.1 Å². The molecule has 3 atom stereocenters. The van der Waals surface area contributed by atoms with Gasteiger partial charge in [-0.25, -0.2) is 4.39 Å². The number of hydrogen-bond acceptors (Lipinski definition) is 5. The second-order valence-corrected chi connectivity index (χ2v) is 9.04. The Morgan fingerprint density at radius 1 is 1.27 bits per heavy atom. The van der Waals surface area contributed by atoms with E-state index in [4.69, 9.17) is 5.26 Å². The second-order valence-electron chi connectivity index (χ2n) is 9.04. The van der Waals surface area contributed by atoms with Crippen LogP contribution in [0, 0.1) is 23.1 Å². The molecule has 8 heteroatoms. The van der Waals surface area contributed by atoms with Gasteiger partial charge in [-0.1, -0.05) is 0 Å². The van der Waals surface area contributed by atoms with E-state index in [9.17, 15) is 19.1 Å². The average molecular weight is 416 g/mol. The van der Waals surface area contributed by atoms with E-state index in [1.54, 1.807) is 13.8 Å². The van der Waals surface area contributed by atoms with Crippen molar-refractivity contribution in [3.05, 3.63) is 35.1 Å². The van der Waals surface area contributed by atoms with E-state index >= 15 is 0 Å². The first kappa shape index (κ1) is 22.2. The zero-order valence-corrected chi connectivity index (χ0v) is 17.4. The number of nitrogens with one attached hydrogen (secondary N) is 2. The third kappa shape index (κ3) is 5.35. The predicted molar refractivity (Wildman–Crippen MR) is 109 cm³/mol. The van der Waals surface area contributed by atoms with Crippen LogP contribution in [-0.2, 0) is 4.79 Å². The summed E-state index contributed by atoms with van der Waals surface area (Å²) in [5, 5.41) is 24.0. The molecule has 7 nitrogen and oxygen atoms in total. The van der Waals surface area contributed by atoms with Gasteiger partial charge in [0, 0.05) is 24.2 Å². The van der Waals surface area contributed by atoms with Crippen LogP contribution in [0.2, 0.25) is 0 Å². The zero-order chi connectivity index (χ0) is 21.9. The Balaban J connectivity index is 1.52. The summed E-state index contributed by atoms with van der Waals surface area (Å²) < 4.78 is 13.6. The lowest BCUT2D eigenvalue weighted by Crippen LogP contribution is -2.53. The van der Waals surface area contributed by atoms with Gasteiger partial charge in [0.2, 0.25) is 5.91 Å². The smallest absolute Gasteiger partial charge is 0.251 e. The van der Waals surface area contributed by atoms with Gasteiger partial charge < -0.3 is 15.7 Å². The van der Waals surface area contributed by atoms with Crippen molar-refractivity contribution < 1.29 is 19.1 Å². The van der Waals surface area contributed by atoms with Gasteiger partial charge in [0.15, 0.2) is 0 Å². The molecule has 1 aromatic carbocycles. The lowest BCUT2D eigenvalue weighted by molar-refractivity contribution is -0.125. The van der Waals surface area contributed by atoms with Gasteiger partial charge in [-0.15, -0.1) is 0 Å². The average Bonchev–Trinajstić information content (AvgIpc) is 2.93. The molecule has 0 aromatic heterocycles. The van der Waals surface area contributed by atoms with Crippen molar-refractivity contribution in [2.24, 2.45) is 5.92 Å². The quantitative estimate of drug-likeness (QED) is 0.626. The zero-order valence-electron chi connectivity index (χ0n) is 17.4. The fraction of sp³-hybridized carbons (Fsp3) is 0.591. The van der Waals surface area contributed by atoms with Gasteiger partial charge in [-0.2, -0.15) is 5.26 Å². The van der Waals surface area contributed by atoms with Gasteiger partial charge in [-0.05, 0) is 63.6 Å². The Labute approximate surface area is 176 Å². The van der Waals surface area contributed by atoms with E-state index in [-0.39, 0.29) is 29.5 Å². The summed E-state index contributed by atoms with van der Waals surface area (Å²) in [6.45, 7) is 4.26. The highest BCUT2D eigenvalue weighted by Gasteiger charge is 2.41. The van der Waals surface area contributed by atoms with Crippen LogP contribution in [0.3, 0.4) is 0 Å². The summed E-state index contributed by atoms with van der Waals surface area (Å²) in [5.41, 5.74) is -0.370. The van der Waals surface area contributed by atoms with Gasteiger partial charge in [0.1, 0.15) is 5.82 Å². The number of hydrogen-bond donors (Lipinski definition) is 3. The Morgan fingerprint density at radius 3 is 2.53 bits per heavy atom. The third-order valence-electron chi connectivity index (χ3n) is 6.02. The highest BCUT2D eigenvalue weighted by Crippen LogP contribution is 2.38. The molecule has 30 heavy (non-hydrogen) atoms. The molecule has 0 saturated carbocycles. The fourth-order valence-corrected chi connectivity index (χ4v) is 4.56. The summed E-state index contributed by atoms with van der Waals surface area (Å²) in [5.74, 6) is -0.777. The van der Waals surface area contributed by atoms with E-state index in [0.717, 1.165) is 37.8 Å². The molecule has 2 amide bonds. The Kier molecular flexibility index (Phi) is 6.74. The number of aliphatic hydroxyl groups is 1. The van der Waals surface area contributed by atoms with Crippen molar-refractivity contribution >= 4 is 11.8 Å². The lowest BCUT2D eigenvalue weighted by atomic mass is 9.90. The van der Waals surface area contributed by atoms with Crippen LogP contribution in [0.25, 0.3) is 0 Å². The van der Waals surface area contributed by atoms with Crippen LogP contribution >= 0.6 is 0 Å². The van der Waals surface area contributed by atoms with Gasteiger partial charge >= 0.3 is 0 Å². The number of carbonyl (C=O) groups is 2. The number of amides is 2. The van der Waals surface area contributed by atoms with Crippen molar-refractivity contribution in [1.82, 2.24) is 15.5 Å². The highest BCUT2D eigenvalue weighted by molar-refractivity contribution is 5.94. The first-order valence-corrected chi connectivity index (χ1v) is 10.4. The molecule has 0 spiro atoms. The van der Waals surface area contributed by atoms with Gasteiger partial charge in [0.05, 0.1) is 30.3 Å². The summed E-state index contributed by atoms with van der Waals surface area (Å²) >= 11 is 0. The summed E-state index contributed by atoms with van der Waals surface area (Å²) in [7, 11) is 0. The number of benzene rings is 1. The number of rotatable bonds is 7. The number of fused-ring (bicyclic) bond motifs is 2. The number of nitriles is 1. The molecular formula is C22H29FN4O3. The topological polar surface area (TPSA) is 105 Å². The predicted octanol–water partition coefficient (Wildman–Crippen LogP) is 1.56. The minimum atomic E-state index is -0.638. The minimum absolute atomic E-state index is 0.0860. The molecule has 0 radical (unpaired) electrons. The number of nitrogens with zero attached hydrogens (tertiary/aromatic N) is 2. The molecule has 2 aliphatic heterocycles. The molecule has 3 N–H and O–H groups in total. The normalized spacial score (nSPS) is 23.6. The molecule has 2 saturated heterocycles. The summed E-state index contributed by atoms with van der Waals surface area (Å²) in [6, 6.07) is 6.07. The standard InChI is InChI=1S/C22H29FN4O3/c1-22(2,13-28)26-20(29)12-27-18-3-4-19(27)8-15(7-18)11-25-21(30)16-5-14(10-24)6-17(23)9-16/h5-6,9,15,18-19,28H,3-4,7-8,11-13H2,1-2H3,(H,25,30)(H,26,29)/t15-,18-,19+. The maximum absolute atomic E-state index is 13.6. The molecule has 2 bridgehead atoms. The first-order valence-electron chi connectivity index (χ1n) is 10.4. The van der Waals surface area contributed by atoms with Crippen molar-refractivity contribution in [2.45, 2.75) is 57.2 Å². The molecule has 162 valence electrons. The summed E-state index contributed by atoms with van der Waals surface area (Å²) in [4.78, 5) is 27.0. The molecule has 0 aliphatic carbocycles. The monoisotopic (exact) mass is 416 g/mol. The second kappa shape index (κ2) is 9.11. The molecule has 2 fully saturated rings. The first-order chi connectivity index (χ1) is 14.2. The number of carbonyl (C=O) groups excluding carboxylic acids is 2. The Hall–Kier alpha value is -2.50. The van der Waals surface area contributed by atoms with Crippen molar-refractivity contribution in [2.75, 3.05) is 19.7 Å². The molecule has 1 aromatic rings. The van der Waals surface area contributed by atoms with Crippen LogP contribution in [0.1, 0.15) is 55.5 Å². The largest absolute Gasteiger partial charge is 0.394 e. The summed E-state index contributed by atoms with van der Waals surface area (Å²) in [6.07, 6.45) is 3.84. The molecular weight excluding hydrogens is 387 g/mol. The number of aliphatic hydroxyl groups excluding tert-OH is 1. The lowest BCUT2D eigenvalue weighted by Gasteiger charge is -2.39. The number of piperidine rings is 1. The fourth-order valence-electron chi connectivity index (χ4n) is 4.56. The maximum atomic E-state index is 13.6. The minimum Gasteiger partial charge on any atom is -0.394 e. The van der Waals surface area contributed by atoms with Crippen LogP contribution in [0.15, 0.2) is 18.2 Å².